The van der Waals surface area contributed by atoms with Gasteiger partial charge in [-0.2, -0.15) is 5.10 Å². The Hall–Kier alpha value is -1.26. The molecule has 0 radical (unpaired) electrons. The summed E-state index contributed by atoms with van der Waals surface area (Å²) in [5.41, 5.74) is 2.00. The van der Waals surface area contributed by atoms with Crippen molar-refractivity contribution in [2.75, 3.05) is 6.54 Å². The van der Waals surface area contributed by atoms with Crippen molar-refractivity contribution >= 4 is 11.6 Å². The summed E-state index contributed by atoms with van der Waals surface area (Å²) in [7, 11) is 1.93. The van der Waals surface area contributed by atoms with Crippen LogP contribution in [0.3, 0.4) is 0 Å². The fourth-order valence-corrected chi connectivity index (χ4v) is 2.25. The van der Waals surface area contributed by atoms with Crippen LogP contribution in [-0.2, 0) is 26.4 Å². The van der Waals surface area contributed by atoms with Crippen molar-refractivity contribution in [2.45, 2.75) is 26.3 Å². The zero-order valence-corrected chi connectivity index (χ0v) is 11.5. The highest BCUT2D eigenvalue weighted by atomic mass is 35.5. The van der Waals surface area contributed by atoms with E-state index in [2.05, 4.69) is 17.3 Å². The number of nitrogens with zero attached hydrogens (tertiary/aromatic N) is 2. The third kappa shape index (κ3) is 2.94. The molecule has 0 spiro atoms. The monoisotopic (exact) mass is 267 g/mol. The van der Waals surface area contributed by atoms with Gasteiger partial charge in [-0.15, -0.1) is 0 Å². The second-order valence-electron chi connectivity index (χ2n) is 4.19. The zero-order valence-electron chi connectivity index (χ0n) is 10.7. The molecule has 0 aliphatic rings. The summed E-state index contributed by atoms with van der Waals surface area (Å²) in [5, 5.41) is 8.52. The molecule has 98 valence electrons. The Labute approximate surface area is 112 Å². The van der Waals surface area contributed by atoms with Gasteiger partial charge in [-0.25, -0.2) is 0 Å². The van der Waals surface area contributed by atoms with Crippen molar-refractivity contribution in [3.05, 3.63) is 40.6 Å². The number of aromatic nitrogens is 2. The maximum absolute atomic E-state index is 6.27. The van der Waals surface area contributed by atoms with Crippen molar-refractivity contribution in [2.24, 2.45) is 7.05 Å². The average molecular weight is 268 g/mol. The molecule has 2 heterocycles. The molecule has 1 N–H and O–H groups in total. The predicted molar refractivity (Wildman–Crippen MR) is 71.7 cm³/mol. The molecule has 18 heavy (non-hydrogen) atoms. The van der Waals surface area contributed by atoms with Gasteiger partial charge in [-0.3, -0.25) is 4.68 Å². The van der Waals surface area contributed by atoms with Gasteiger partial charge in [0.25, 0.3) is 0 Å². The first-order chi connectivity index (χ1) is 8.72. The standard InChI is InChI=1S/C13H18ClN3O/c1-3-11-13(14)12(17(2)16-11)9-15-7-6-10-5-4-8-18-10/h4-5,8,15H,3,6-7,9H2,1-2H3. The molecule has 2 aromatic heterocycles. The lowest BCUT2D eigenvalue weighted by molar-refractivity contribution is 0.496. The van der Waals surface area contributed by atoms with E-state index in [9.17, 15) is 0 Å². The molecule has 0 aliphatic carbocycles. The van der Waals surface area contributed by atoms with Crippen LogP contribution in [0.4, 0.5) is 0 Å². The summed E-state index contributed by atoms with van der Waals surface area (Å²) in [6, 6.07) is 3.88. The van der Waals surface area contributed by atoms with Gasteiger partial charge >= 0.3 is 0 Å². The summed E-state index contributed by atoms with van der Waals surface area (Å²) < 4.78 is 7.12. The number of furan rings is 1. The molecule has 0 bridgehead atoms. The molecular weight excluding hydrogens is 250 g/mol. The van der Waals surface area contributed by atoms with Crippen LogP contribution in [0.25, 0.3) is 0 Å². The highest BCUT2D eigenvalue weighted by Crippen LogP contribution is 2.20. The summed E-state index contributed by atoms with van der Waals surface area (Å²) in [6.45, 7) is 3.64. The lowest BCUT2D eigenvalue weighted by atomic mass is 10.3. The SMILES string of the molecule is CCc1nn(C)c(CNCCc2ccco2)c1Cl. The number of hydrogen-bond donors (Lipinski definition) is 1. The van der Waals surface area contributed by atoms with Gasteiger partial charge in [0.15, 0.2) is 0 Å². The van der Waals surface area contributed by atoms with E-state index >= 15 is 0 Å². The van der Waals surface area contributed by atoms with E-state index in [1.807, 2.05) is 23.9 Å². The van der Waals surface area contributed by atoms with Crippen LogP contribution >= 0.6 is 11.6 Å². The molecular formula is C13H18ClN3O. The second kappa shape index (κ2) is 6.07. The highest BCUT2D eigenvalue weighted by Gasteiger charge is 2.12. The number of halogens is 1. The van der Waals surface area contributed by atoms with E-state index in [4.69, 9.17) is 16.0 Å². The van der Waals surface area contributed by atoms with Crippen molar-refractivity contribution in [3.8, 4) is 0 Å². The number of hydrogen-bond acceptors (Lipinski definition) is 3. The summed E-state index contributed by atoms with van der Waals surface area (Å²) in [5.74, 6) is 0.993. The van der Waals surface area contributed by atoms with Crippen molar-refractivity contribution < 1.29 is 4.42 Å². The van der Waals surface area contributed by atoms with E-state index in [1.165, 1.54) is 0 Å². The Kier molecular flexibility index (Phi) is 4.44. The number of aryl methyl sites for hydroxylation is 2. The Morgan fingerprint density at radius 3 is 2.94 bits per heavy atom. The first kappa shape index (κ1) is 13.2. The molecule has 5 heteroatoms. The van der Waals surface area contributed by atoms with Crippen LogP contribution in [0.5, 0.6) is 0 Å². The molecule has 0 fully saturated rings. The van der Waals surface area contributed by atoms with E-state index in [0.717, 1.165) is 48.1 Å². The maximum Gasteiger partial charge on any atom is 0.105 e. The van der Waals surface area contributed by atoms with Gasteiger partial charge in [-0.1, -0.05) is 18.5 Å². The molecule has 0 unspecified atom stereocenters. The lowest BCUT2D eigenvalue weighted by Gasteiger charge is -2.04. The van der Waals surface area contributed by atoms with Crippen LogP contribution in [0.2, 0.25) is 5.02 Å². The summed E-state index contributed by atoms with van der Waals surface area (Å²) >= 11 is 6.27. The van der Waals surface area contributed by atoms with Gasteiger partial charge in [0, 0.05) is 26.6 Å². The van der Waals surface area contributed by atoms with Gasteiger partial charge in [0.1, 0.15) is 5.76 Å². The summed E-state index contributed by atoms with van der Waals surface area (Å²) in [6.07, 6.45) is 3.43. The smallest absolute Gasteiger partial charge is 0.105 e. The van der Waals surface area contributed by atoms with Crippen molar-refractivity contribution in [3.63, 3.8) is 0 Å². The average Bonchev–Trinajstić information content (AvgIpc) is 2.96. The molecule has 0 saturated heterocycles. The minimum Gasteiger partial charge on any atom is -0.469 e. The van der Waals surface area contributed by atoms with Crippen LogP contribution in [0, 0.1) is 0 Å². The molecule has 0 saturated carbocycles. The Balaban J connectivity index is 1.85. The maximum atomic E-state index is 6.27. The van der Waals surface area contributed by atoms with Gasteiger partial charge < -0.3 is 9.73 Å². The normalized spacial score (nSPS) is 11.1. The van der Waals surface area contributed by atoms with Crippen molar-refractivity contribution in [1.29, 1.82) is 0 Å². The summed E-state index contributed by atoms with van der Waals surface area (Å²) in [4.78, 5) is 0. The molecule has 2 aromatic rings. The van der Waals surface area contributed by atoms with Crippen molar-refractivity contribution in [1.82, 2.24) is 15.1 Å². The fourth-order valence-electron chi connectivity index (χ4n) is 1.89. The molecule has 0 amide bonds. The first-order valence-electron chi connectivity index (χ1n) is 6.15. The van der Waals surface area contributed by atoms with Crippen LogP contribution in [0.1, 0.15) is 24.1 Å². The van der Waals surface area contributed by atoms with E-state index in [0.29, 0.717) is 0 Å². The van der Waals surface area contributed by atoms with Crippen LogP contribution < -0.4 is 5.32 Å². The topological polar surface area (TPSA) is 43.0 Å². The lowest BCUT2D eigenvalue weighted by Crippen LogP contribution is -2.18. The molecule has 0 aromatic carbocycles. The third-order valence-electron chi connectivity index (χ3n) is 2.92. The first-order valence-corrected chi connectivity index (χ1v) is 6.53. The molecule has 2 rings (SSSR count). The van der Waals surface area contributed by atoms with Crippen LogP contribution in [0.15, 0.2) is 22.8 Å². The van der Waals surface area contributed by atoms with Crippen LogP contribution in [-0.4, -0.2) is 16.3 Å². The predicted octanol–water partition coefficient (Wildman–Crippen LogP) is 2.56. The van der Waals surface area contributed by atoms with Gasteiger partial charge in [0.05, 0.1) is 22.7 Å². The quantitative estimate of drug-likeness (QED) is 0.818. The minimum absolute atomic E-state index is 0.725. The van der Waals surface area contributed by atoms with Gasteiger partial charge in [0.2, 0.25) is 0 Å². The Morgan fingerprint density at radius 2 is 2.33 bits per heavy atom. The molecule has 0 aliphatic heterocycles. The third-order valence-corrected chi connectivity index (χ3v) is 3.36. The Bertz CT molecular complexity index is 491. The fraction of sp³-hybridized carbons (Fsp3) is 0.462. The zero-order chi connectivity index (χ0) is 13.0. The Morgan fingerprint density at radius 1 is 1.50 bits per heavy atom. The number of rotatable bonds is 6. The minimum atomic E-state index is 0.725. The highest BCUT2D eigenvalue weighted by molar-refractivity contribution is 6.31. The van der Waals surface area contributed by atoms with E-state index in [1.54, 1.807) is 6.26 Å². The largest absolute Gasteiger partial charge is 0.469 e. The molecule has 0 atom stereocenters. The second-order valence-corrected chi connectivity index (χ2v) is 4.57. The van der Waals surface area contributed by atoms with Gasteiger partial charge in [-0.05, 0) is 18.6 Å². The number of nitrogens with one attached hydrogen (secondary N) is 1. The molecule has 4 nitrogen and oxygen atoms in total. The van der Waals surface area contributed by atoms with E-state index < -0.39 is 0 Å². The van der Waals surface area contributed by atoms with E-state index in [-0.39, 0.29) is 0 Å².